The van der Waals surface area contributed by atoms with Gasteiger partial charge in [0.05, 0.1) is 6.54 Å². The first-order valence-electron chi connectivity index (χ1n) is 7.95. The van der Waals surface area contributed by atoms with Crippen molar-refractivity contribution in [3.05, 3.63) is 29.8 Å². The molecule has 1 heterocycles. The lowest BCUT2D eigenvalue weighted by atomic mass is 9.99. The van der Waals surface area contributed by atoms with Gasteiger partial charge in [-0.2, -0.15) is 0 Å². The molecule has 2 atom stereocenters. The first kappa shape index (κ1) is 16.6. The molecule has 1 aliphatic heterocycles. The quantitative estimate of drug-likeness (QED) is 0.876. The number of aryl methyl sites for hydroxylation is 1. The lowest BCUT2D eigenvalue weighted by Crippen LogP contribution is -2.48. The Balaban J connectivity index is 1.75. The van der Waals surface area contributed by atoms with Crippen molar-refractivity contribution in [1.82, 2.24) is 10.2 Å². The van der Waals surface area contributed by atoms with Crippen LogP contribution in [0.25, 0.3) is 0 Å². The van der Waals surface area contributed by atoms with Gasteiger partial charge < -0.3 is 20.1 Å². The average Bonchev–Trinajstić information content (AvgIpc) is 2.52. The number of carbonyl (C=O) groups excluding carboxylic acids is 1. The molecule has 0 spiro atoms. The van der Waals surface area contributed by atoms with E-state index in [2.05, 4.69) is 5.32 Å². The number of piperidine rings is 1. The van der Waals surface area contributed by atoms with E-state index in [0.29, 0.717) is 13.1 Å². The topological polar surface area (TPSA) is 61.8 Å². The van der Waals surface area contributed by atoms with E-state index >= 15 is 0 Å². The zero-order chi connectivity index (χ0) is 15.9. The molecule has 0 bridgehead atoms. The van der Waals surface area contributed by atoms with Crippen LogP contribution in [-0.4, -0.2) is 48.4 Å². The third kappa shape index (κ3) is 4.91. The van der Waals surface area contributed by atoms with Gasteiger partial charge in [0.15, 0.2) is 0 Å². The van der Waals surface area contributed by atoms with Gasteiger partial charge in [0.25, 0.3) is 0 Å². The molecule has 22 heavy (non-hydrogen) atoms. The van der Waals surface area contributed by atoms with E-state index in [1.165, 1.54) is 0 Å². The number of urea groups is 1. The largest absolute Gasteiger partial charge is 0.489 e. The van der Waals surface area contributed by atoms with E-state index in [9.17, 15) is 9.90 Å². The maximum Gasteiger partial charge on any atom is 0.317 e. The molecule has 2 unspecified atom stereocenters. The minimum atomic E-state index is -0.0934. The van der Waals surface area contributed by atoms with Crippen molar-refractivity contribution in [2.24, 2.45) is 5.92 Å². The molecule has 1 aliphatic rings. The highest BCUT2D eigenvalue weighted by Crippen LogP contribution is 2.16. The molecule has 1 fully saturated rings. The summed E-state index contributed by atoms with van der Waals surface area (Å²) < 4.78 is 5.80. The van der Waals surface area contributed by atoms with Crippen LogP contribution in [0.2, 0.25) is 0 Å². The molecular formula is C17H26N2O3. The second kappa shape index (κ2) is 8.03. The lowest BCUT2D eigenvalue weighted by molar-refractivity contribution is 0.126. The summed E-state index contributed by atoms with van der Waals surface area (Å²) in [6.07, 6.45) is 1.85. The molecule has 1 aromatic carbocycles. The maximum absolute atomic E-state index is 12.1. The number of hydrogen-bond donors (Lipinski definition) is 2. The first-order valence-corrected chi connectivity index (χ1v) is 7.95. The molecular weight excluding hydrogens is 280 g/mol. The number of likely N-dealkylation sites (tertiary alicyclic amines) is 1. The fraction of sp³-hybridized carbons (Fsp3) is 0.588. The number of amides is 2. The highest BCUT2D eigenvalue weighted by Gasteiger charge is 2.23. The average molecular weight is 306 g/mol. The molecule has 0 aliphatic carbocycles. The van der Waals surface area contributed by atoms with Gasteiger partial charge in [-0.1, -0.05) is 12.1 Å². The summed E-state index contributed by atoms with van der Waals surface area (Å²) in [5.74, 6) is 1.03. The Morgan fingerprint density at radius 2 is 2.36 bits per heavy atom. The van der Waals surface area contributed by atoms with Crippen molar-refractivity contribution in [2.75, 3.05) is 26.2 Å². The Hall–Kier alpha value is -1.75. The Morgan fingerprint density at radius 1 is 1.55 bits per heavy atom. The van der Waals surface area contributed by atoms with E-state index in [1.807, 2.05) is 38.1 Å². The van der Waals surface area contributed by atoms with Gasteiger partial charge in [-0.15, -0.1) is 0 Å². The summed E-state index contributed by atoms with van der Waals surface area (Å²) >= 11 is 0. The molecule has 5 heteroatoms. The Bertz CT molecular complexity index is 493. The van der Waals surface area contributed by atoms with Gasteiger partial charge in [0.1, 0.15) is 11.9 Å². The molecule has 2 N–H and O–H groups in total. The van der Waals surface area contributed by atoms with Crippen molar-refractivity contribution in [2.45, 2.75) is 32.8 Å². The number of rotatable bonds is 5. The highest BCUT2D eigenvalue weighted by atomic mass is 16.5. The van der Waals surface area contributed by atoms with Gasteiger partial charge in [-0.3, -0.25) is 0 Å². The van der Waals surface area contributed by atoms with Crippen molar-refractivity contribution in [3.63, 3.8) is 0 Å². The smallest absolute Gasteiger partial charge is 0.317 e. The Morgan fingerprint density at radius 3 is 3.09 bits per heavy atom. The standard InChI is InChI=1S/C17H26N2O3/c1-13-5-3-7-16(9-13)22-14(2)10-18-17(21)19-8-4-6-15(11-19)12-20/h3,5,7,9,14-15,20H,4,6,8,10-12H2,1-2H3,(H,18,21). The molecule has 1 aromatic rings. The van der Waals surface area contributed by atoms with Crippen LogP contribution >= 0.6 is 0 Å². The van der Waals surface area contributed by atoms with Crippen LogP contribution < -0.4 is 10.1 Å². The molecule has 0 saturated carbocycles. The van der Waals surface area contributed by atoms with Crippen molar-refractivity contribution < 1.29 is 14.6 Å². The van der Waals surface area contributed by atoms with E-state index in [1.54, 1.807) is 4.90 Å². The van der Waals surface area contributed by atoms with Crippen molar-refractivity contribution >= 4 is 6.03 Å². The summed E-state index contributed by atoms with van der Waals surface area (Å²) in [5.41, 5.74) is 1.15. The number of aliphatic hydroxyl groups is 1. The highest BCUT2D eigenvalue weighted by molar-refractivity contribution is 5.74. The van der Waals surface area contributed by atoms with Gasteiger partial charge >= 0.3 is 6.03 Å². The Kier molecular flexibility index (Phi) is 6.07. The second-order valence-electron chi connectivity index (χ2n) is 6.07. The van der Waals surface area contributed by atoms with Crippen molar-refractivity contribution in [1.29, 1.82) is 0 Å². The second-order valence-corrected chi connectivity index (χ2v) is 6.07. The fourth-order valence-electron chi connectivity index (χ4n) is 2.70. The molecule has 0 aromatic heterocycles. The van der Waals surface area contributed by atoms with Crippen LogP contribution in [0.3, 0.4) is 0 Å². The number of carbonyl (C=O) groups is 1. The fourth-order valence-corrected chi connectivity index (χ4v) is 2.70. The molecule has 2 amide bonds. The van der Waals surface area contributed by atoms with E-state index in [0.717, 1.165) is 30.7 Å². The summed E-state index contributed by atoms with van der Waals surface area (Å²) in [6, 6.07) is 7.81. The predicted molar refractivity (Wildman–Crippen MR) is 86.1 cm³/mol. The number of nitrogens with zero attached hydrogens (tertiary/aromatic N) is 1. The molecule has 2 rings (SSSR count). The first-order chi connectivity index (χ1) is 10.6. The zero-order valence-corrected chi connectivity index (χ0v) is 13.4. The van der Waals surface area contributed by atoms with E-state index < -0.39 is 0 Å². The van der Waals surface area contributed by atoms with Crippen LogP contribution in [0, 0.1) is 12.8 Å². The van der Waals surface area contributed by atoms with Crippen LogP contribution in [0.4, 0.5) is 4.79 Å². The molecule has 0 radical (unpaired) electrons. The van der Waals surface area contributed by atoms with Crippen LogP contribution in [0.1, 0.15) is 25.3 Å². The summed E-state index contributed by atoms with van der Waals surface area (Å²) in [7, 11) is 0. The number of aliphatic hydroxyl groups excluding tert-OH is 1. The third-order valence-corrected chi connectivity index (χ3v) is 3.93. The summed E-state index contributed by atoms with van der Waals surface area (Å²) in [4.78, 5) is 13.9. The molecule has 1 saturated heterocycles. The van der Waals surface area contributed by atoms with Crippen molar-refractivity contribution in [3.8, 4) is 5.75 Å². The van der Waals surface area contributed by atoms with Gasteiger partial charge in [-0.25, -0.2) is 4.79 Å². The van der Waals surface area contributed by atoms with Gasteiger partial charge in [-0.05, 0) is 50.3 Å². The predicted octanol–water partition coefficient (Wildman–Crippen LogP) is 2.18. The monoisotopic (exact) mass is 306 g/mol. The lowest BCUT2D eigenvalue weighted by Gasteiger charge is -2.32. The molecule has 5 nitrogen and oxygen atoms in total. The van der Waals surface area contributed by atoms with Crippen LogP contribution in [0.5, 0.6) is 5.75 Å². The maximum atomic E-state index is 12.1. The number of nitrogens with one attached hydrogen (secondary N) is 1. The zero-order valence-electron chi connectivity index (χ0n) is 13.4. The number of ether oxygens (including phenoxy) is 1. The summed E-state index contributed by atoms with van der Waals surface area (Å²) in [5, 5.41) is 12.1. The number of hydrogen-bond acceptors (Lipinski definition) is 3. The summed E-state index contributed by atoms with van der Waals surface area (Å²) in [6.45, 7) is 5.97. The van der Waals surface area contributed by atoms with Crippen LogP contribution in [0.15, 0.2) is 24.3 Å². The Labute approximate surface area is 132 Å². The number of benzene rings is 1. The van der Waals surface area contributed by atoms with Crippen LogP contribution in [-0.2, 0) is 0 Å². The minimum Gasteiger partial charge on any atom is -0.489 e. The van der Waals surface area contributed by atoms with E-state index in [4.69, 9.17) is 4.74 Å². The van der Waals surface area contributed by atoms with Gasteiger partial charge in [0.2, 0.25) is 0 Å². The third-order valence-electron chi connectivity index (χ3n) is 3.93. The van der Waals surface area contributed by atoms with E-state index in [-0.39, 0.29) is 24.7 Å². The molecule has 122 valence electrons. The SMILES string of the molecule is Cc1cccc(OC(C)CNC(=O)N2CCCC(CO)C2)c1. The normalized spacial score (nSPS) is 19.6. The van der Waals surface area contributed by atoms with Gasteiger partial charge in [0, 0.05) is 19.7 Å². The minimum absolute atomic E-state index is 0.0714.